The third-order valence-corrected chi connectivity index (χ3v) is 3.12. The number of nitrogens with one attached hydrogen (secondary N) is 1. The molecule has 1 aliphatic heterocycles. The van der Waals surface area contributed by atoms with Crippen LogP contribution >= 0.6 is 0 Å². The van der Waals surface area contributed by atoms with Gasteiger partial charge >= 0.3 is 5.97 Å². The number of ketones is 1. The first-order chi connectivity index (χ1) is 10.7. The van der Waals surface area contributed by atoms with E-state index in [-0.39, 0.29) is 17.1 Å². The molecule has 0 aromatic heterocycles. The maximum absolute atomic E-state index is 12.3. The van der Waals surface area contributed by atoms with Crippen LogP contribution in [0.2, 0.25) is 0 Å². The number of esters is 1. The molecule has 0 unspecified atom stereocenters. The molecule has 1 aliphatic rings. The Bertz CT molecular complexity index is 617. The van der Waals surface area contributed by atoms with E-state index in [1.807, 2.05) is 32.0 Å². The van der Waals surface area contributed by atoms with Crippen molar-refractivity contribution in [2.45, 2.75) is 26.7 Å². The second-order valence-corrected chi connectivity index (χ2v) is 4.77. The number of hydrogen-bond donors (Lipinski definition) is 1. The van der Waals surface area contributed by atoms with Gasteiger partial charge in [-0.25, -0.2) is 4.79 Å². The molecule has 1 aromatic carbocycles. The van der Waals surface area contributed by atoms with Gasteiger partial charge in [-0.15, -0.1) is 0 Å². The Morgan fingerprint density at radius 2 is 1.91 bits per heavy atom. The van der Waals surface area contributed by atoms with Gasteiger partial charge in [0.25, 0.3) is 0 Å². The number of hydrogen-bond acceptors (Lipinski definition) is 5. The molecular formula is C17H19NO4. The third-order valence-electron chi connectivity index (χ3n) is 3.12. The molecule has 0 atom stereocenters. The fourth-order valence-electron chi connectivity index (χ4n) is 2.13. The molecule has 5 nitrogen and oxygen atoms in total. The fraction of sp³-hybridized carbons (Fsp3) is 0.294. The van der Waals surface area contributed by atoms with Crippen LogP contribution in [0.5, 0.6) is 0 Å². The molecule has 5 heteroatoms. The third kappa shape index (κ3) is 3.62. The summed E-state index contributed by atoms with van der Waals surface area (Å²) in [5.41, 5.74) is 3.85. The summed E-state index contributed by atoms with van der Waals surface area (Å²) in [7, 11) is 0. The van der Waals surface area contributed by atoms with Gasteiger partial charge in [0, 0.05) is 11.6 Å². The molecule has 0 fully saturated rings. The zero-order chi connectivity index (χ0) is 15.9. The van der Waals surface area contributed by atoms with Gasteiger partial charge in [0.05, 0.1) is 12.3 Å². The maximum atomic E-state index is 12.3. The topological polar surface area (TPSA) is 64.6 Å². The van der Waals surface area contributed by atoms with Crippen LogP contribution in [0.1, 0.15) is 32.3 Å². The molecule has 1 aromatic rings. The zero-order valence-electron chi connectivity index (χ0n) is 12.7. The monoisotopic (exact) mass is 301 g/mol. The van der Waals surface area contributed by atoms with Crippen LogP contribution in [0.15, 0.2) is 47.7 Å². The van der Waals surface area contributed by atoms with E-state index < -0.39 is 5.97 Å². The highest BCUT2D eigenvalue weighted by Gasteiger charge is 2.30. The zero-order valence-corrected chi connectivity index (χ0v) is 12.7. The second kappa shape index (κ2) is 7.56. The Kier molecular flexibility index (Phi) is 5.49. The van der Waals surface area contributed by atoms with Crippen molar-refractivity contribution in [2.75, 3.05) is 6.61 Å². The smallest absolute Gasteiger partial charge is 0.349 e. The molecule has 2 rings (SSSR count). The quantitative estimate of drug-likeness (QED) is 0.379. The van der Waals surface area contributed by atoms with Crippen LogP contribution in [0.4, 0.5) is 0 Å². The average Bonchev–Trinajstić information content (AvgIpc) is 2.52. The summed E-state index contributed by atoms with van der Waals surface area (Å²) >= 11 is 0. The lowest BCUT2D eigenvalue weighted by atomic mass is 10.0. The summed E-state index contributed by atoms with van der Waals surface area (Å²) in [5.74, 6) is -0.751. The highest BCUT2D eigenvalue weighted by Crippen LogP contribution is 2.25. The SMILES string of the molecule is CCCC(NOCC)=C1C(=O)C=C(c2ccccc2)OC1=O. The van der Waals surface area contributed by atoms with E-state index in [4.69, 9.17) is 9.57 Å². The molecule has 0 amide bonds. The Hall–Kier alpha value is -2.40. The van der Waals surface area contributed by atoms with Crippen molar-refractivity contribution >= 4 is 17.5 Å². The number of allylic oxidation sites excluding steroid dienone is 2. The fourth-order valence-corrected chi connectivity index (χ4v) is 2.13. The summed E-state index contributed by atoms with van der Waals surface area (Å²) in [6.07, 6.45) is 2.65. The molecule has 0 bridgehead atoms. The number of benzene rings is 1. The van der Waals surface area contributed by atoms with Crippen molar-refractivity contribution in [3.63, 3.8) is 0 Å². The maximum Gasteiger partial charge on any atom is 0.349 e. The number of carbonyl (C=O) groups excluding carboxylic acids is 2. The van der Waals surface area contributed by atoms with Crippen LogP contribution < -0.4 is 5.48 Å². The predicted octanol–water partition coefficient (Wildman–Crippen LogP) is 2.75. The van der Waals surface area contributed by atoms with Crippen molar-refractivity contribution in [1.29, 1.82) is 0 Å². The van der Waals surface area contributed by atoms with Crippen LogP contribution in [0, 0.1) is 0 Å². The normalized spacial score (nSPS) is 16.9. The molecule has 0 saturated heterocycles. The van der Waals surface area contributed by atoms with Gasteiger partial charge in [-0.2, -0.15) is 0 Å². The predicted molar refractivity (Wildman–Crippen MR) is 82.2 cm³/mol. The minimum Gasteiger partial charge on any atom is -0.422 e. The van der Waals surface area contributed by atoms with Gasteiger partial charge in [-0.1, -0.05) is 43.7 Å². The van der Waals surface area contributed by atoms with E-state index in [1.54, 1.807) is 12.1 Å². The van der Waals surface area contributed by atoms with Crippen molar-refractivity contribution in [1.82, 2.24) is 5.48 Å². The summed E-state index contributed by atoms with van der Waals surface area (Å²) < 4.78 is 5.31. The number of rotatable bonds is 6. The van der Waals surface area contributed by atoms with Gasteiger partial charge in [0.1, 0.15) is 11.3 Å². The molecule has 116 valence electrons. The molecule has 1 heterocycles. The highest BCUT2D eigenvalue weighted by molar-refractivity contribution is 6.26. The van der Waals surface area contributed by atoms with Crippen LogP contribution in [0.3, 0.4) is 0 Å². The molecular weight excluding hydrogens is 282 g/mol. The molecule has 0 radical (unpaired) electrons. The molecule has 22 heavy (non-hydrogen) atoms. The summed E-state index contributed by atoms with van der Waals surface area (Å²) in [4.78, 5) is 29.7. The van der Waals surface area contributed by atoms with Crippen molar-refractivity contribution in [3.05, 3.63) is 53.2 Å². The molecule has 1 N–H and O–H groups in total. The number of cyclic esters (lactones) is 1. The van der Waals surface area contributed by atoms with Gasteiger partial charge in [0.2, 0.25) is 0 Å². The molecule has 0 spiro atoms. The number of hydroxylamine groups is 1. The standard InChI is InChI=1S/C17H19NO4/c1-3-8-13(18-21-4-2)16-14(19)11-15(22-17(16)20)12-9-6-5-7-10-12/h5-7,9-11,18H,3-4,8H2,1-2H3. The highest BCUT2D eigenvalue weighted by atomic mass is 16.6. The Morgan fingerprint density at radius 1 is 1.18 bits per heavy atom. The van der Waals surface area contributed by atoms with Crippen molar-refractivity contribution < 1.29 is 19.2 Å². The Morgan fingerprint density at radius 3 is 2.50 bits per heavy atom. The molecule has 0 aliphatic carbocycles. The van der Waals surface area contributed by atoms with Gasteiger partial charge in [-0.05, 0) is 13.3 Å². The first-order valence-corrected chi connectivity index (χ1v) is 7.32. The summed E-state index contributed by atoms with van der Waals surface area (Å²) in [5, 5.41) is 0. The van der Waals surface area contributed by atoms with Gasteiger partial charge in [-0.3, -0.25) is 15.1 Å². The minimum absolute atomic E-state index is 0.00924. The first kappa shape index (κ1) is 16.0. The minimum atomic E-state index is -0.651. The Balaban J connectivity index is 2.34. The summed E-state index contributed by atoms with van der Waals surface area (Å²) in [6, 6.07) is 9.06. The van der Waals surface area contributed by atoms with Crippen LogP contribution in [-0.4, -0.2) is 18.4 Å². The van der Waals surface area contributed by atoms with Crippen LogP contribution in [-0.2, 0) is 19.2 Å². The van der Waals surface area contributed by atoms with E-state index in [1.165, 1.54) is 6.08 Å². The number of ether oxygens (including phenoxy) is 1. The van der Waals surface area contributed by atoms with Crippen LogP contribution in [0.25, 0.3) is 5.76 Å². The first-order valence-electron chi connectivity index (χ1n) is 7.32. The second-order valence-electron chi connectivity index (χ2n) is 4.77. The average molecular weight is 301 g/mol. The van der Waals surface area contributed by atoms with E-state index in [2.05, 4.69) is 5.48 Å². The largest absolute Gasteiger partial charge is 0.422 e. The summed E-state index contributed by atoms with van der Waals surface area (Å²) in [6.45, 7) is 4.20. The van der Waals surface area contributed by atoms with E-state index in [0.29, 0.717) is 24.3 Å². The lowest BCUT2D eigenvalue weighted by Crippen LogP contribution is -2.27. The number of carbonyl (C=O) groups is 2. The van der Waals surface area contributed by atoms with Gasteiger partial charge < -0.3 is 4.74 Å². The lowest BCUT2D eigenvalue weighted by Gasteiger charge is -2.18. The van der Waals surface area contributed by atoms with E-state index >= 15 is 0 Å². The van der Waals surface area contributed by atoms with E-state index in [0.717, 1.165) is 6.42 Å². The Labute approximate surface area is 129 Å². The van der Waals surface area contributed by atoms with Crippen molar-refractivity contribution in [3.8, 4) is 0 Å². The van der Waals surface area contributed by atoms with Gasteiger partial charge in [0.15, 0.2) is 5.78 Å². The lowest BCUT2D eigenvalue weighted by molar-refractivity contribution is -0.135. The van der Waals surface area contributed by atoms with E-state index in [9.17, 15) is 9.59 Å². The van der Waals surface area contributed by atoms with Crippen molar-refractivity contribution in [2.24, 2.45) is 0 Å². The molecule has 0 saturated carbocycles.